The van der Waals surface area contributed by atoms with Gasteiger partial charge in [0.1, 0.15) is 10.8 Å². The predicted molar refractivity (Wildman–Crippen MR) is 60.5 cm³/mol. The number of halogens is 1. The smallest absolute Gasteiger partial charge is 0.287 e. The summed E-state index contributed by atoms with van der Waals surface area (Å²) in [5, 5.41) is 6.98. The van der Waals surface area contributed by atoms with Crippen molar-refractivity contribution in [3.8, 4) is 0 Å². The van der Waals surface area contributed by atoms with Crippen LogP contribution in [0.5, 0.6) is 0 Å². The lowest BCUT2D eigenvalue weighted by atomic mass is 10.4. The van der Waals surface area contributed by atoms with Gasteiger partial charge in [-0.25, -0.2) is 4.68 Å². The number of anilines is 1. The van der Waals surface area contributed by atoms with Crippen LogP contribution in [0.4, 0.5) is 5.69 Å². The lowest BCUT2D eigenvalue weighted by Crippen LogP contribution is -2.20. The third-order valence-electron chi connectivity index (χ3n) is 2.11. The minimum atomic E-state index is -0.328. The fraction of sp³-hybridized carbons (Fsp3) is 0.200. The monoisotopic (exact) mass is 239 g/mol. The molecule has 16 heavy (non-hydrogen) atoms. The largest absolute Gasteiger partial charge is 0.467 e. The van der Waals surface area contributed by atoms with Gasteiger partial charge in [0.05, 0.1) is 24.7 Å². The molecule has 0 amide bonds. The molecule has 0 aromatic carbocycles. The molecule has 0 unspecified atom stereocenters. The van der Waals surface area contributed by atoms with Crippen LogP contribution in [-0.2, 0) is 13.6 Å². The highest BCUT2D eigenvalue weighted by atomic mass is 35.5. The summed E-state index contributed by atoms with van der Waals surface area (Å²) in [5.41, 5.74) is 0.173. The highest BCUT2D eigenvalue weighted by molar-refractivity contribution is 6.32. The van der Waals surface area contributed by atoms with E-state index in [4.69, 9.17) is 16.0 Å². The molecule has 84 valence electrons. The fourth-order valence-corrected chi connectivity index (χ4v) is 1.47. The van der Waals surface area contributed by atoms with E-state index < -0.39 is 0 Å². The van der Waals surface area contributed by atoms with E-state index in [0.717, 1.165) is 5.76 Å². The molecular formula is C10H10ClN3O2. The third kappa shape index (κ3) is 2.09. The number of nitrogens with one attached hydrogen (secondary N) is 1. The van der Waals surface area contributed by atoms with E-state index in [1.54, 1.807) is 19.4 Å². The van der Waals surface area contributed by atoms with Gasteiger partial charge in [-0.1, -0.05) is 11.6 Å². The summed E-state index contributed by atoms with van der Waals surface area (Å²) >= 11 is 5.87. The molecule has 0 fully saturated rings. The van der Waals surface area contributed by atoms with Crippen molar-refractivity contribution in [1.82, 2.24) is 9.78 Å². The summed E-state index contributed by atoms with van der Waals surface area (Å²) in [4.78, 5) is 11.5. The first-order chi connectivity index (χ1) is 7.68. The Morgan fingerprint density at radius 2 is 2.44 bits per heavy atom. The van der Waals surface area contributed by atoms with Gasteiger partial charge in [-0.05, 0) is 12.1 Å². The Morgan fingerprint density at radius 3 is 3.12 bits per heavy atom. The van der Waals surface area contributed by atoms with Crippen LogP contribution in [0.15, 0.2) is 33.8 Å². The fourth-order valence-electron chi connectivity index (χ4n) is 1.23. The number of furan rings is 1. The predicted octanol–water partition coefficient (Wildman–Crippen LogP) is 1.64. The normalized spacial score (nSPS) is 10.4. The van der Waals surface area contributed by atoms with Crippen molar-refractivity contribution in [2.24, 2.45) is 7.05 Å². The molecule has 1 N–H and O–H groups in total. The zero-order valence-electron chi connectivity index (χ0n) is 8.61. The first-order valence-corrected chi connectivity index (χ1v) is 5.04. The van der Waals surface area contributed by atoms with Crippen molar-refractivity contribution >= 4 is 17.3 Å². The number of hydrogen-bond donors (Lipinski definition) is 1. The van der Waals surface area contributed by atoms with Crippen LogP contribution in [-0.4, -0.2) is 9.78 Å². The van der Waals surface area contributed by atoms with E-state index >= 15 is 0 Å². The Bertz CT molecular complexity index is 533. The average molecular weight is 240 g/mol. The molecule has 2 aromatic heterocycles. The molecule has 0 bridgehead atoms. The van der Waals surface area contributed by atoms with Crippen molar-refractivity contribution in [3.05, 3.63) is 45.7 Å². The molecule has 2 aromatic rings. The highest BCUT2D eigenvalue weighted by Crippen LogP contribution is 2.16. The number of hydrogen-bond acceptors (Lipinski definition) is 4. The van der Waals surface area contributed by atoms with Crippen molar-refractivity contribution in [2.75, 3.05) is 5.32 Å². The number of rotatable bonds is 3. The molecule has 2 heterocycles. The SMILES string of the molecule is Cn1ncc(NCc2ccco2)c(Cl)c1=O. The van der Waals surface area contributed by atoms with Crippen molar-refractivity contribution in [1.29, 1.82) is 0 Å². The molecule has 0 aliphatic rings. The van der Waals surface area contributed by atoms with Gasteiger partial charge in [-0.3, -0.25) is 4.79 Å². The summed E-state index contributed by atoms with van der Waals surface area (Å²) in [6.45, 7) is 0.460. The van der Waals surface area contributed by atoms with Gasteiger partial charge < -0.3 is 9.73 Å². The Hall–Kier alpha value is -1.75. The van der Waals surface area contributed by atoms with Crippen LogP contribution < -0.4 is 10.9 Å². The van der Waals surface area contributed by atoms with Gasteiger partial charge >= 0.3 is 0 Å². The molecule has 0 aliphatic heterocycles. The Kier molecular flexibility index (Phi) is 2.96. The average Bonchev–Trinajstić information content (AvgIpc) is 2.78. The second-order valence-electron chi connectivity index (χ2n) is 3.23. The zero-order chi connectivity index (χ0) is 11.5. The van der Waals surface area contributed by atoms with E-state index in [2.05, 4.69) is 10.4 Å². The van der Waals surface area contributed by atoms with Gasteiger partial charge in [0.25, 0.3) is 5.56 Å². The molecular weight excluding hydrogens is 230 g/mol. The number of aromatic nitrogens is 2. The minimum Gasteiger partial charge on any atom is -0.467 e. The standard InChI is InChI=1S/C10H10ClN3O2/c1-14-10(15)9(11)8(6-13-14)12-5-7-3-2-4-16-7/h2-4,6,12H,5H2,1H3. The van der Waals surface area contributed by atoms with Crippen LogP contribution in [0.25, 0.3) is 0 Å². The van der Waals surface area contributed by atoms with Gasteiger partial charge in [0, 0.05) is 7.05 Å². The maximum Gasteiger partial charge on any atom is 0.287 e. The van der Waals surface area contributed by atoms with Crippen LogP contribution in [0, 0.1) is 0 Å². The highest BCUT2D eigenvalue weighted by Gasteiger charge is 2.07. The summed E-state index contributed by atoms with van der Waals surface area (Å²) < 4.78 is 6.32. The lowest BCUT2D eigenvalue weighted by molar-refractivity contribution is 0.518. The first kappa shape index (κ1) is 10.8. The van der Waals surface area contributed by atoms with E-state index in [1.807, 2.05) is 6.07 Å². The van der Waals surface area contributed by atoms with Gasteiger partial charge in [-0.2, -0.15) is 5.10 Å². The summed E-state index contributed by atoms with van der Waals surface area (Å²) in [6.07, 6.45) is 3.09. The topological polar surface area (TPSA) is 60.1 Å². The van der Waals surface area contributed by atoms with E-state index in [-0.39, 0.29) is 10.6 Å². The Morgan fingerprint density at radius 1 is 1.62 bits per heavy atom. The van der Waals surface area contributed by atoms with Gasteiger partial charge in [-0.15, -0.1) is 0 Å². The first-order valence-electron chi connectivity index (χ1n) is 4.66. The van der Waals surface area contributed by atoms with E-state index in [0.29, 0.717) is 12.2 Å². The van der Waals surface area contributed by atoms with E-state index in [9.17, 15) is 4.79 Å². The molecule has 0 radical (unpaired) electrons. The van der Waals surface area contributed by atoms with Gasteiger partial charge in [0.15, 0.2) is 0 Å². The van der Waals surface area contributed by atoms with Crippen molar-refractivity contribution in [2.45, 2.75) is 6.54 Å². The second-order valence-corrected chi connectivity index (χ2v) is 3.61. The maximum absolute atomic E-state index is 11.5. The summed E-state index contributed by atoms with van der Waals surface area (Å²) in [7, 11) is 1.55. The van der Waals surface area contributed by atoms with Crippen molar-refractivity contribution < 1.29 is 4.42 Å². The Balaban J connectivity index is 2.16. The van der Waals surface area contributed by atoms with Gasteiger partial charge in [0.2, 0.25) is 0 Å². The van der Waals surface area contributed by atoms with Crippen LogP contribution in [0.2, 0.25) is 5.02 Å². The lowest BCUT2D eigenvalue weighted by Gasteiger charge is -2.06. The van der Waals surface area contributed by atoms with Crippen LogP contribution >= 0.6 is 11.6 Å². The molecule has 0 atom stereocenters. The second kappa shape index (κ2) is 4.40. The molecule has 6 heteroatoms. The van der Waals surface area contributed by atoms with Crippen LogP contribution in [0.3, 0.4) is 0 Å². The van der Waals surface area contributed by atoms with Crippen molar-refractivity contribution in [3.63, 3.8) is 0 Å². The number of nitrogens with zero attached hydrogens (tertiary/aromatic N) is 2. The zero-order valence-corrected chi connectivity index (χ0v) is 9.36. The molecule has 0 saturated carbocycles. The molecule has 0 aliphatic carbocycles. The maximum atomic E-state index is 11.5. The molecule has 5 nitrogen and oxygen atoms in total. The molecule has 2 rings (SSSR count). The quantitative estimate of drug-likeness (QED) is 0.885. The molecule has 0 saturated heterocycles. The van der Waals surface area contributed by atoms with E-state index in [1.165, 1.54) is 10.9 Å². The third-order valence-corrected chi connectivity index (χ3v) is 2.48. The summed E-state index contributed by atoms with van der Waals surface area (Å²) in [5.74, 6) is 0.761. The summed E-state index contributed by atoms with van der Waals surface area (Å²) in [6, 6.07) is 3.62. The number of aryl methyl sites for hydroxylation is 1. The van der Waals surface area contributed by atoms with Crippen LogP contribution in [0.1, 0.15) is 5.76 Å². The minimum absolute atomic E-state index is 0.129. The Labute approximate surface area is 96.6 Å². The molecule has 0 spiro atoms.